The molecule has 3 aromatic rings. The Morgan fingerprint density at radius 1 is 1.26 bits per heavy atom. The van der Waals surface area contributed by atoms with E-state index in [2.05, 4.69) is 10.0 Å². The summed E-state index contributed by atoms with van der Waals surface area (Å²) in [6.07, 6.45) is 0. The number of rotatable bonds is 6. The van der Waals surface area contributed by atoms with E-state index >= 15 is 0 Å². The van der Waals surface area contributed by atoms with E-state index in [1.54, 1.807) is 18.5 Å². The van der Waals surface area contributed by atoms with Gasteiger partial charge in [-0.05, 0) is 36.1 Å². The summed E-state index contributed by atoms with van der Waals surface area (Å²) >= 11 is 7.78. The smallest absolute Gasteiger partial charge is 0.255 e. The van der Waals surface area contributed by atoms with E-state index in [4.69, 9.17) is 16.3 Å². The highest BCUT2D eigenvalue weighted by Crippen LogP contribution is 2.35. The van der Waals surface area contributed by atoms with Crippen LogP contribution in [0.1, 0.15) is 5.56 Å². The standard InChI is InChI=1S/C18H18ClN3O3S2/c1-11-4-5-14(13(19)8-11)20-18-17(15(25-3)9-16(23)22(18)2)21-27(24)12-6-7-26-10-12/h4-10,20-21H,1-3H3. The number of aryl methyl sites for hydroxylation is 1. The number of hydrogen-bond donors (Lipinski definition) is 2. The third-order valence-electron chi connectivity index (χ3n) is 3.91. The summed E-state index contributed by atoms with van der Waals surface area (Å²) in [5, 5.41) is 7.31. The van der Waals surface area contributed by atoms with Crippen LogP contribution >= 0.6 is 22.9 Å². The Labute approximate surface area is 168 Å². The molecule has 27 heavy (non-hydrogen) atoms. The van der Waals surface area contributed by atoms with Crippen LogP contribution in [0.25, 0.3) is 0 Å². The summed E-state index contributed by atoms with van der Waals surface area (Å²) in [5.41, 5.74) is 1.77. The zero-order valence-corrected chi connectivity index (χ0v) is 17.3. The van der Waals surface area contributed by atoms with E-state index in [1.165, 1.54) is 29.1 Å². The zero-order chi connectivity index (χ0) is 19.6. The molecule has 0 aliphatic rings. The molecule has 0 radical (unpaired) electrons. The summed E-state index contributed by atoms with van der Waals surface area (Å²) in [6.45, 7) is 1.94. The van der Waals surface area contributed by atoms with Crippen LogP contribution in [0.5, 0.6) is 5.75 Å². The average Bonchev–Trinajstić information content (AvgIpc) is 3.17. The molecular formula is C18H18ClN3O3S2. The van der Waals surface area contributed by atoms with E-state index in [1.807, 2.05) is 30.5 Å². The number of benzene rings is 1. The fraction of sp³-hybridized carbons (Fsp3) is 0.167. The highest BCUT2D eigenvalue weighted by molar-refractivity contribution is 7.86. The Balaban J connectivity index is 2.09. The highest BCUT2D eigenvalue weighted by atomic mass is 35.5. The number of methoxy groups -OCH3 is 1. The van der Waals surface area contributed by atoms with Gasteiger partial charge in [0.1, 0.15) is 11.5 Å². The molecule has 2 aromatic heterocycles. The van der Waals surface area contributed by atoms with Gasteiger partial charge in [-0.15, -0.1) is 0 Å². The van der Waals surface area contributed by atoms with Crippen molar-refractivity contribution in [2.75, 3.05) is 17.1 Å². The van der Waals surface area contributed by atoms with Gasteiger partial charge in [0.25, 0.3) is 5.56 Å². The Kier molecular flexibility index (Phi) is 5.88. The molecule has 2 heterocycles. The number of thiophene rings is 1. The zero-order valence-electron chi connectivity index (χ0n) is 14.9. The first-order valence-electron chi connectivity index (χ1n) is 7.92. The summed E-state index contributed by atoms with van der Waals surface area (Å²) in [5.74, 6) is 0.682. The number of anilines is 3. The third kappa shape index (κ3) is 4.18. The Hall–Kier alpha value is -2.29. The molecule has 9 heteroatoms. The average molecular weight is 424 g/mol. The molecule has 0 aliphatic carbocycles. The molecule has 142 valence electrons. The van der Waals surface area contributed by atoms with Gasteiger partial charge in [0.2, 0.25) is 0 Å². The van der Waals surface area contributed by atoms with Crippen molar-refractivity contribution in [3.05, 3.63) is 62.0 Å². The SMILES string of the molecule is COc1cc(=O)n(C)c(Nc2ccc(C)cc2Cl)c1NS(=O)c1ccsc1. The molecule has 6 nitrogen and oxygen atoms in total. The first kappa shape index (κ1) is 19.5. The normalized spacial score (nSPS) is 11.9. The molecule has 3 rings (SSSR count). The quantitative estimate of drug-likeness (QED) is 0.620. The highest BCUT2D eigenvalue weighted by Gasteiger charge is 2.18. The van der Waals surface area contributed by atoms with Crippen LogP contribution in [-0.4, -0.2) is 15.9 Å². The third-order valence-corrected chi connectivity index (χ3v) is 6.12. The Morgan fingerprint density at radius 3 is 2.67 bits per heavy atom. The fourth-order valence-corrected chi connectivity index (χ4v) is 4.53. The van der Waals surface area contributed by atoms with Crippen LogP contribution < -0.4 is 20.3 Å². The maximum absolute atomic E-state index is 12.7. The first-order chi connectivity index (χ1) is 12.9. The van der Waals surface area contributed by atoms with Crippen LogP contribution in [0.4, 0.5) is 17.2 Å². The van der Waals surface area contributed by atoms with Crippen molar-refractivity contribution >= 4 is 51.1 Å². The van der Waals surface area contributed by atoms with Gasteiger partial charge in [-0.25, -0.2) is 4.21 Å². The number of ether oxygens (including phenoxy) is 1. The van der Waals surface area contributed by atoms with Crippen LogP contribution in [0.2, 0.25) is 5.02 Å². The second kappa shape index (κ2) is 8.16. The molecular weight excluding hydrogens is 406 g/mol. The lowest BCUT2D eigenvalue weighted by Gasteiger charge is -2.19. The van der Waals surface area contributed by atoms with Crippen molar-refractivity contribution in [2.24, 2.45) is 7.05 Å². The molecule has 2 N–H and O–H groups in total. The van der Waals surface area contributed by atoms with Gasteiger partial charge in [-0.3, -0.25) is 14.1 Å². The molecule has 1 atom stereocenters. The van der Waals surface area contributed by atoms with Crippen molar-refractivity contribution in [3.63, 3.8) is 0 Å². The predicted molar refractivity (Wildman–Crippen MR) is 112 cm³/mol. The molecule has 0 amide bonds. The molecule has 0 saturated carbocycles. The number of pyridine rings is 1. The van der Waals surface area contributed by atoms with Crippen LogP contribution in [-0.2, 0) is 18.0 Å². The minimum atomic E-state index is -1.52. The summed E-state index contributed by atoms with van der Waals surface area (Å²) in [6, 6.07) is 8.66. The second-order valence-electron chi connectivity index (χ2n) is 5.77. The van der Waals surface area contributed by atoms with Crippen molar-refractivity contribution < 1.29 is 8.95 Å². The van der Waals surface area contributed by atoms with Gasteiger partial charge in [0.15, 0.2) is 16.7 Å². The lowest BCUT2D eigenvalue weighted by Crippen LogP contribution is -2.21. The molecule has 1 unspecified atom stereocenters. The molecule has 0 bridgehead atoms. The summed E-state index contributed by atoms with van der Waals surface area (Å²) in [4.78, 5) is 13.0. The van der Waals surface area contributed by atoms with Gasteiger partial charge in [-0.2, -0.15) is 11.3 Å². The summed E-state index contributed by atoms with van der Waals surface area (Å²) in [7, 11) is 1.56. The number of nitrogens with zero attached hydrogens (tertiary/aromatic N) is 1. The van der Waals surface area contributed by atoms with Gasteiger partial charge in [-0.1, -0.05) is 17.7 Å². The van der Waals surface area contributed by atoms with E-state index in [0.717, 1.165) is 5.56 Å². The predicted octanol–water partition coefficient (Wildman–Crippen LogP) is 4.30. The van der Waals surface area contributed by atoms with Crippen molar-refractivity contribution in [3.8, 4) is 5.75 Å². The minimum Gasteiger partial charge on any atom is -0.494 e. The van der Waals surface area contributed by atoms with Crippen molar-refractivity contribution in [2.45, 2.75) is 11.8 Å². The Morgan fingerprint density at radius 2 is 2.04 bits per heavy atom. The van der Waals surface area contributed by atoms with Crippen LogP contribution in [0.15, 0.2) is 50.8 Å². The second-order valence-corrected chi connectivity index (χ2v) is 8.17. The molecule has 0 spiro atoms. The topological polar surface area (TPSA) is 72.4 Å². The molecule has 1 aromatic carbocycles. The summed E-state index contributed by atoms with van der Waals surface area (Å²) < 4.78 is 22.4. The first-order valence-corrected chi connectivity index (χ1v) is 10.4. The number of aromatic nitrogens is 1. The number of halogens is 1. The Bertz CT molecular complexity index is 1050. The van der Waals surface area contributed by atoms with Crippen molar-refractivity contribution in [1.82, 2.24) is 4.57 Å². The molecule has 0 saturated heterocycles. The number of nitrogens with one attached hydrogen (secondary N) is 2. The van der Waals surface area contributed by atoms with Gasteiger partial charge >= 0.3 is 0 Å². The lowest BCUT2D eigenvalue weighted by atomic mass is 10.2. The van der Waals surface area contributed by atoms with Gasteiger partial charge in [0, 0.05) is 18.5 Å². The monoisotopic (exact) mass is 423 g/mol. The van der Waals surface area contributed by atoms with E-state index in [-0.39, 0.29) is 11.3 Å². The van der Waals surface area contributed by atoms with E-state index in [0.29, 0.717) is 27.1 Å². The van der Waals surface area contributed by atoms with Crippen molar-refractivity contribution in [1.29, 1.82) is 0 Å². The largest absolute Gasteiger partial charge is 0.494 e. The minimum absolute atomic E-state index is 0.274. The molecule has 0 fully saturated rings. The maximum atomic E-state index is 12.7. The number of hydrogen-bond acceptors (Lipinski definition) is 5. The maximum Gasteiger partial charge on any atom is 0.255 e. The fourth-order valence-electron chi connectivity index (χ4n) is 2.44. The van der Waals surface area contributed by atoms with E-state index in [9.17, 15) is 9.00 Å². The van der Waals surface area contributed by atoms with Crippen LogP contribution in [0, 0.1) is 6.92 Å². The molecule has 0 aliphatic heterocycles. The van der Waals surface area contributed by atoms with Crippen LogP contribution in [0.3, 0.4) is 0 Å². The lowest BCUT2D eigenvalue weighted by molar-refractivity contribution is 0.415. The van der Waals surface area contributed by atoms with Gasteiger partial charge in [0.05, 0.1) is 22.7 Å². The van der Waals surface area contributed by atoms with E-state index < -0.39 is 11.0 Å². The van der Waals surface area contributed by atoms with Gasteiger partial charge < -0.3 is 10.1 Å².